The van der Waals surface area contributed by atoms with Gasteiger partial charge in [-0.2, -0.15) is 0 Å². The lowest BCUT2D eigenvalue weighted by Gasteiger charge is -2.24. The Morgan fingerprint density at radius 1 is 1.33 bits per heavy atom. The highest BCUT2D eigenvalue weighted by Gasteiger charge is 2.24. The molecule has 1 aromatic heterocycles. The number of hydrogen-bond acceptors (Lipinski definition) is 4. The van der Waals surface area contributed by atoms with E-state index >= 15 is 0 Å². The van der Waals surface area contributed by atoms with Gasteiger partial charge in [0.2, 0.25) is 5.91 Å². The lowest BCUT2D eigenvalue weighted by molar-refractivity contribution is -0.126. The predicted molar refractivity (Wildman–Crippen MR) is 104 cm³/mol. The van der Waals surface area contributed by atoms with Crippen LogP contribution in [0, 0.1) is 11.8 Å². The number of nitrogens with zero attached hydrogens (tertiary/aromatic N) is 3. The van der Waals surface area contributed by atoms with Crippen molar-refractivity contribution in [1.29, 1.82) is 0 Å². The normalized spacial score (nSPS) is 21.4. The van der Waals surface area contributed by atoms with Crippen LogP contribution in [0.4, 0.5) is 0 Å². The fourth-order valence-electron chi connectivity index (χ4n) is 3.40. The molecule has 146 valence electrons. The molecule has 0 saturated heterocycles. The average molecular weight is 391 g/mol. The third kappa shape index (κ3) is 6.04. The number of rotatable bonds is 4. The summed E-state index contributed by atoms with van der Waals surface area (Å²) in [5.41, 5.74) is 1.92. The summed E-state index contributed by atoms with van der Waals surface area (Å²) in [6.07, 6.45) is 4.15. The van der Waals surface area contributed by atoms with Gasteiger partial charge in [-0.15, -0.1) is 5.10 Å². The van der Waals surface area contributed by atoms with Crippen molar-refractivity contribution >= 4 is 17.5 Å². The minimum absolute atomic E-state index is 0.000288. The van der Waals surface area contributed by atoms with Crippen molar-refractivity contribution in [2.45, 2.75) is 52.3 Å². The Morgan fingerprint density at radius 3 is 2.85 bits per heavy atom. The standard InChI is InChI=1S/C20H27ClN4O2/c1-14(2)9-18-12-27-13-19-11-25(24-23-19)8-7-16(20(26)22-18)10-15-3-5-17(21)6-4-15/h3-6,11,14,16,18H,7-10,12-13H2,1-2H3,(H,22,26)/t16-,18-/m1/s1. The predicted octanol–water partition coefficient (Wildman–Crippen LogP) is 3.24. The molecule has 1 aromatic carbocycles. The van der Waals surface area contributed by atoms with E-state index < -0.39 is 0 Å². The molecule has 27 heavy (non-hydrogen) atoms. The fourth-order valence-corrected chi connectivity index (χ4v) is 3.52. The molecule has 2 heterocycles. The number of aromatic nitrogens is 3. The Bertz CT molecular complexity index is 745. The van der Waals surface area contributed by atoms with E-state index in [2.05, 4.69) is 29.5 Å². The number of hydrogen-bond donors (Lipinski definition) is 1. The molecule has 1 aliphatic heterocycles. The molecule has 1 aliphatic rings. The SMILES string of the molecule is CC(C)C[C@@H]1COCc2cn(nn2)CC[C@H](Cc2ccc(Cl)cc2)C(=O)N1. The number of carbonyl (C=O) groups excluding carboxylic acids is 1. The van der Waals surface area contributed by atoms with Gasteiger partial charge in [-0.3, -0.25) is 9.48 Å². The van der Waals surface area contributed by atoms with Crippen LogP contribution < -0.4 is 5.32 Å². The highest BCUT2D eigenvalue weighted by Crippen LogP contribution is 2.18. The van der Waals surface area contributed by atoms with Crippen LogP contribution in [0.3, 0.4) is 0 Å². The zero-order valence-electron chi connectivity index (χ0n) is 15.9. The topological polar surface area (TPSA) is 69.0 Å². The quantitative estimate of drug-likeness (QED) is 0.870. The first-order chi connectivity index (χ1) is 13.0. The molecular weight excluding hydrogens is 364 g/mol. The zero-order valence-corrected chi connectivity index (χ0v) is 16.7. The maximum Gasteiger partial charge on any atom is 0.223 e. The van der Waals surface area contributed by atoms with Gasteiger partial charge in [-0.1, -0.05) is 42.8 Å². The highest BCUT2D eigenvalue weighted by atomic mass is 35.5. The van der Waals surface area contributed by atoms with Gasteiger partial charge in [0, 0.05) is 17.5 Å². The van der Waals surface area contributed by atoms with Gasteiger partial charge < -0.3 is 10.1 Å². The van der Waals surface area contributed by atoms with Crippen LogP contribution in [0.15, 0.2) is 30.5 Å². The van der Waals surface area contributed by atoms with E-state index in [-0.39, 0.29) is 17.9 Å². The second-order valence-corrected chi connectivity index (χ2v) is 8.08. The van der Waals surface area contributed by atoms with Crippen LogP contribution in [0.1, 0.15) is 37.9 Å². The van der Waals surface area contributed by atoms with Crippen LogP contribution in [-0.2, 0) is 29.1 Å². The van der Waals surface area contributed by atoms with Crippen LogP contribution in [0.5, 0.6) is 0 Å². The van der Waals surface area contributed by atoms with E-state index in [1.165, 1.54) is 0 Å². The molecule has 2 bridgehead atoms. The third-order valence-electron chi connectivity index (χ3n) is 4.73. The van der Waals surface area contributed by atoms with Gasteiger partial charge in [-0.05, 0) is 42.9 Å². The summed E-state index contributed by atoms with van der Waals surface area (Å²) < 4.78 is 7.57. The molecular formula is C20H27ClN4O2. The van der Waals surface area contributed by atoms with Gasteiger partial charge in [0.1, 0.15) is 5.69 Å². The van der Waals surface area contributed by atoms with E-state index in [1.807, 2.05) is 30.5 Å². The van der Waals surface area contributed by atoms with Crippen LogP contribution in [0.2, 0.25) is 5.02 Å². The van der Waals surface area contributed by atoms with Crippen molar-refractivity contribution in [3.63, 3.8) is 0 Å². The molecule has 0 radical (unpaired) electrons. The monoisotopic (exact) mass is 390 g/mol. The Morgan fingerprint density at radius 2 is 2.11 bits per heavy atom. The number of amides is 1. The summed E-state index contributed by atoms with van der Waals surface area (Å²) in [6.45, 7) is 5.84. The maximum atomic E-state index is 13.0. The number of benzene rings is 1. The Balaban J connectivity index is 1.77. The lowest BCUT2D eigenvalue weighted by Crippen LogP contribution is -2.43. The molecule has 0 saturated carbocycles. The molecule has 6 nitrogen and oxygen atoms in total. The molecule has 2 aromatic rings. The molecule has 2 atom stereocenters. The molecule has 0 unspecified atom stereocenters. The highest BCUT2D eigenvalue weighted by molar-refractivity contribution is 6.30. The smallest absolute Gasteiger partial charge is 0.223 e. The Labute approximate surface area is 165 Å². The summed E-state index contributed by atoms with van der Waals surface area (Å²) in [5, 5.41) is 12.2. The van der Waals surface area contributed by atoms with Gasteiger partial charge in [0.05, 0.1) is 25.5 Å². The van der Waals surface area contributed by atoms with E-state index in [0.29, 0.717) is 43.5 Å². The number of aryl methyl sites for hydroxylation is 1. The molecule has 0 spiro atoms. The number of carbonyl (C=O) groups is 1. The first kappa shape index (κ1) is 19.8. The maximum absolute atomic E-state index is 13.0. The second-order valence-electron chi connectivity index (χ2n) is 7.64. The minimum atomic E-state index is -0.145. The molecule has 3 rings (SSSR count). The molecule has 1 amide bonds. The minimum Gasteiger partial charge on any atom is -0.373 e. The van der Waals surface area contributed by atoms with Crippen LogP contribution in [0.25, 0.3) is 0 Å². The van der Waals surface area contributed by atoms with Crippen molar-refractivity contribution < 1.29 is 9.53 Å². The van der Waals surface area contributed by atoms with Gasteiger partial charge in [0.15, 0.2) is 0 Å². The fraction of sp³-hybridized carbons (Fsp3) is 0.550. The molecule has 7 heteroatoms. The third-order valence-corrected chi connectivity index (χ3v) is 4.98. The molecule has 1 N–H and O–H groups in total. The summed E-state index contributed by atoms with van der Waals surface area (Å²) in [4.78, 5) is 13.0. The average Bonchev–Trinajstić information content (AvgIpc) is 3.06. The van der Waals surface area contributed by atoms with Gasteiger partial charge in [-0.25, -0.2) is 0 Å². The van der Waals surface area contributed by atoms with Crippen molar-refractivity contribution in [2.24, 2.45) is 11.8 Å². The Kier molecular flexibility index (Phi) is 6.85. The molecule has 0 aliphatic carbocycles. The first-order valence-electron chi connectivity index (χ1n) is 9.51. The van der Waals surface area contributed by atoms with Crippen molar-refractivity contribution in [3.8, 4) is 0 Å². The molecule has 0 fully saturated rings. The van der Waals surface area contributed by atoms with Crippen molar-refractivity contribution in [2.75, 3.05) is 6.61 Å². The van der Waals surface area contributed by atoms with Crippen molar-refractivity contribution in [1.82, 2.24) is 20.3 Å². The van der Waals surface area contributed by atoms with E-state index in [1.54, 1.807) is 4.68 Å². The van der Waals surface area contributed by atoms with Gasteiger partial charge >= 0.3 is 0 Å². The van der Waals surface area contributed by atoms with E-state index in [0.717, 1.165) is 17.7 Å². The lowest BCUT2D eigenvalue weighted by atomic mass is 9.94. The summed E-state index contributed by atoms with van der Waals surface area (Å²) in [6, 6.07) is 7.69. The summed E-state index contributed by atoms with van der Waals surface area (Å²) in [7, 11) is 0. The summed E-state index contributed by atoms with van der Waals surface area (Å²) >= 11 is 5.99. The van der Waals surface area contributed by atoms with Crippen molar-refractivity contribution in [3.05, 3.63) is 46.7 Å². The largest absolute Gasteiger partial charge is 0.373 e. The first-order valence-corrected chi connectivity index (χ1v) is 9.89. The van der Waals surface area contributed by atoms with Crippen LogP contribution in [-0.4, -0.2) is 33.5 Å². The van der Waals surface area contributed by atoms with E-state index in [4.69, 9.17) is 16.3 Å². The van der Waals surface area contributed by atoms with Crippen LogP contribution >= 0.6 is 11.6 Å². The van der Waals surface area contributed by atoms with E-state index in [9.17, 15) is 4.79 Å². The number of fused-ring (bicyclic) bond motifs is 2. The number of halogens is 1. The summed E-state index contributed by atoms with van der Waals surface area (Å²) in [5.74, 6) is 0.399. The second kappa shape index (κ2) is 9.33. The zero-order chi connectivity index (χ0) is 19.2. The number of nitrogens with one attached hydrogen (secondary N) is 1. The van der Waals surface area contributed by atoms with Gasteiger partial charge in [0.25, 0.3) is 0 Å². The Hall–Kier alpha value is -1.92. The number of ether oxygens (including phenoxy) is 1.